The van der Waals surface area contributed by atoms with Crippen LogP contribution in [-0.2, 0) is 0 Å². The van der Waals surface area contributed by atoms with Gasteiger partial charge in [0.25, 0.3) is 0 Å². The van der Waals surface area contributed by atoms with E-state index in [1.807, 2.05) is 0 Å². The first-order chi connectivity index (χ1) is 6.66. The fourth-order valence-electron chi connectivity index (χ4n) is 1.04. The molecule has 1 nitrogen and oxygen atoms in total. The highest BCUT2D eigenvalue weighted by atomic mass is 79.9. The van der Waals surface area contributed by atoms with Crippen molar-refractivity contribution < 1.29 is 8.78 Å². The molecule has 0 spiro atoms. The van der Waals surface area contributed by atoms with Crippen LogP contribution >= 0.6 is 27.3 Å². The van der Waals surface area contributed by atoms with Gasteiger partial charge in [-0.1, -0.05) is 0 Å². The average Bonchev–Trinajstić information content (AvgIpc) is 2.51. The largest absolute Gasteiger partial charge is 0.229 e. The van der Waals surface area contributed by atoms with E-state index in [0.29, 0.717) is 15.2 Å². The van der Waals surface area contributed by atoms with Crippen LogP contribution in [0.15, 0.2) is 28.2 Å². The van der Waals surface area contributed by atoms with E-state index >= 15 is 0 Å². The van der Waals surface area contributed by atoms with E-state index in [4.69, 9.17) is 0 Å². The third-order valence-corrected chi connectivity index (χ3v) is 3.22. The minimum absolute atomic E-state index is 0.321. The molecule has 0 saturated heterocycles. The quantitative estimate of drug-likeness (QED) is 0.771. The molecule has 0 saturated carbocycles. The van der Waals surface area contributed by atoms with E-state index in [9.17, 15) is 8.78 Å². The van der Waals surface area contributed by atoms with Gasteiger partial charge in [0.15, 0.2) is 0 Å². The third-order valence-electron chi connectivity index (χ3n) is 1.64. The molecule has 0 fully saturated rings. The summed E-state index contributed by atoms with van der Waals surface area (Å²) in [6.07, 6.45) is 0. The minimum atomic E-state index is -0.591. The van der Waals surface area contributed by atoms with Crippen molar-refractivity contribution >= 4 is 27.3 Å². The zero-order chi connectivity index (χ0) is 10.1. The summed E-state index contributed by atoms with van der Waals surface area (Å²) in [7, 11) is 0. The molecule has 14 heavy (non-hydrogen) atoms. The van der Waals surface area contributed by atoms with Crippen molar-refractivity contribution in [2.75, 3.05) is 0 Å². The molecule has 1 heterocycles. The lowest BCUT2D eigenvalue weighted by molar-refractivity contribution is 0.585. The van der Waals surface area contributed by atoms with Crippen LogP contribution in [0.1, 0.15) is 0 Å². The SMILES string of the molecule is Fc1ccc(-c2nc(Br)cs2)c(F)c1. The van der Waals surface area contributed by atoms with Crippen LogP contribution in [0.2, 0.25) is 0 Å². The first kappa shape index (κ1) is 9.73. The second-order valence-electron chi connectivity index (χ2n) is 2.60. The lowest BCUT2D eigenvalue weighted by Gasteiger charge is -1.97. The van der Waals surface area contributed by atoms with Gasteiger partial charge in [-0.2, -0.15) is 0 Å². The lowest BCUT2D eigenvalue weighted by atomic mass is 10.2. The van der Waals surface area contributed by atoms with Gasteiger partial charge in [0.05, 0.1) is 0 Å². The standard InChI is InChI=1S/C9H4BrF2NS/c10-8-4-14-9(13-8)6-2-1-5(11)3-7(6)12/h1-4H. The van der Waals surface area contributed by atoms with E-state index in [0.717, 1.165) is 6.07 Å². The monoisotopic (exact) mass is 275 g/mol. The van der Waals surface area contributed by atoms with Crippen molar-refractivity contribution in [1.29, 1.82) is 0 Å². The fourth-order valence-corrected chi connectivity index (χ4v) is 2.32. The van der Waals surface area contributed by atoms with Crippen molar-refractivity contribution in [2.24, 2.45) is 0 Å². The van der Waals surface area contributed by atoms with E-state index in [2.05, 4.69) is 20.9 Å². The van der Waals surface area contributed by atoms with Crippen LogP contribution in [0.5, 0.6) is 0 Å². The van der Waals surface area contributed by atoms with Crippen LogP contribution in [0.4, 0.5) is 8.78 Å². The summed E-state index contributed by atoms with van der Waals surface area (Å²) in [6.45, 7) is 0. The summed E-state index contributed by atoms with van der Waals surface area (Å²) >= 11 is 4.47. The predicted molar refractivity (Wildman–Crippen MR) is 55.2 cm³/mol. The Morgan fingerprint density at radius 1 is 1.29 bits per heavy atom. The van der Waals surface area contributed by atoms with Gasteiger partial charge in [-0.3, -0.25) is 0 Å². The maximum Gasteiger partial charge on any atom is 0.136 e. The topological polar surface area (TPSA) is 12.9 Å². The van der Waals surface area contributed by atoms with Crippen LogP contribution in [0.25, 0.3) is 10.6 Å². The normalized spacial score (nSPS) is 10.5. The highest BCUT2D eigenvalue weighted by Crippen LogP contribution is 2.28. The van der Waals surface area contributed by atoms with Gasteiger partial charge in [-0.15, -0.1) is 11.3 Å². The molecule has 0 aliphatic carbocycles. The number of aromatic nitrogens is 1. The Morgan fingerprint density at radius 2 is 2.07 bits per heavy atom. The zero-order valence-electron chi connectivity index (χ0n) is 6.80. The number of hydrogen-bond acceptors (Lipinski definition) is 2. The molecular formula is C9H4BrF2NS. The average molecular weight is 276 g/mol. The zero-order valence-corrected chi connectivity index (χ0v) is 9.20. The summed E-state index contributed by atoms with van der Waals surface area (Å²) in [5.74, 6) is -1.17. The Bertz CT molecular complexity index is 470. The molecule has 1 aromatic heterocycles. The van der Waals surface area contributed by atoms with Gasteiger partial charge >= 0.3 is 0 Å². The highest BCUT2D eigenvalue weighted by Gasteiger charge is 2.09. The molecule has 0 unspecified atom stereocenters. The Balaban J connectivity index is 2.52. The third kappa shape index (κ3) is 1.83. The molecule has 0 amide bonds. The smallest absolute Gasteiger partial charge is 0.136 e. The second-order valence-corrected chi connectivity index (χ2v) is 4.27. The van der Waals surface area contributed by atoms with Crippen molar-refractivity contribution in [3.8, 4) is 10.6 Å². The molecule has 0 N–H and O–H groups in total. The minimum Gasteiger partial charge on any atom is -0.229 e. The van der Waals surface area contributed by atoms with Crippen molar-refractivity contribution in [3.63, 3.8) is 0 Å². The molecule has 0 atom stereocenters. The predicted octanol–water partition coefficient (Wildman–Crippen LogP) is 3.85. The first-order valence-corrected chi connectivity index (χ1v) is 5.40. The number of benzene rings is 1. The Morgan fingerprint density at radius 3 is 2.64 bits per heavy atom. The van der Waals surface area contributed by atoms with E-state index in [1.165, 1.54) is 23.5 Å². The molecular weight excluding hydrogens is 272 g/mol. The Labute approximate surface area is 91.5 Å². The summed E-state index contributed by atoms with van der Waals surface area (Å²) in [4.78, 5) is 4.04. The number of thiazole rings is 1. The molecule has 0 aliphatic heterocycles. The van der Waals surface area contributed by atoms with Gasteiger partial charge in [0.1, 0.15) is 21.2 Å². The first-order valence-electron chi connectivity index (χ1n) is 3.73. The molecule has 0 aliphatic rings. The number of rotatable bonds is 1. The van der Waals surface area contributed by atoms with E-state index < -0.39 is 11.6 Å². The molecule has 2 aromatic rings. The molecule has 0 radical (unpaired) electrons. The van der Waals surface area contributed by atoms with Gasteiger partial charge in [0.2, 0.25) is 0 Å². The summed E-state index contributed by atoms with van der Waals surface area (Å²) in [5.41, 5.74) is 0.321. The van der Waals surface area contributed by atoms with E-state index in [-0.39, 0.29) is 0 Å². The van der Waals surface area contributed by atoms with Gasteiger partial charge in [-0.25, -0.2) is 13.8 Å². The Hall–Kier alpha value is -0.810. The summed E-state index contributed by atoms with van der Waals surface area (Å²) in [5, 5.41) is 2.28. The molecule has 2 rings (SSSR count). The number of nitrogens with zero attached hydrogens (tertiary/aromatic N) is 1. The molecule has 72 valence electrons. The van der Waals surface area contributed by atoms with Crippen LogP contribution in [0, 0.1) is 11.6 Å². The van der Waals surface area contributed by atoms with Gasteiger partial charge in [-0.05, 0) is 28.1 Å². The van der Waals surface area contributed by atoms with Gasteiger partial charge < -0.3 is 0 Å². The fraction of sp³-hybridized carbons (Fsp3) is 0. The van der Waals surface area contributed by atoms with Crippen LogP contribution in [0.3, 0.4) is 0 Å². The molecule has 1 aromatic carbocycles. The molecule has 0 bridgehead atoms. The number of hydrogen-bond donors (Lipinski definition) is 0. The number of halogens is 3. The summed E-state index contributed by atoms with van der Waals surface area (Å²) in [6, 6.07) is 3.45. The maximum atomic E-state index is 13.3. The lowest BCUT2D eigenvalue weighted by Crippen LogP contribution is -1.85. The van der Waals surface area contributed by atoms with E-state index in [1.54, 1.807) is 5.38 Å². The van der Waals surface area contributed by atoms with Crippen molar-refractivity contribution in [2.45, 2.75) is 0 Å². The highest BCUT2D eigenvalue weighted by molar-refractivity contribution is 9.10. The van der Waals surface area contributed by atoms with Crippen molar-refractivity contribution in [3.05, 3.63) is 39.8 Å². The van der Waals surface area contributed by atoms with Crippen LogP contribution in [-0.4, -0.2) is 4.98 Å². The Kier molecular flexibility index (Phi) is 2.60. The second kappa shape index (κ2) is 3.74. The van der Waals surface area contributed by atoms with Crippen LogP contribution < -0.4 is 0 Å². The van der Waals surface area contributed by atoms with Crippen molar-refractivity contribution in [1.82, 2.24) is 4.98 Å². The maximum absolute atomic E-state index is 13.3. The molecule has 5 heteroatoms. The van der Waals surface area contributed by atoms with Gasteiger partial charge in [0, 0.05) is 17.0 Å². The summed E-state index contributed by atoms with van der Waals surface area (Å²) < 4.78 is 26.5.